The SMILES string of the molecule is Cc1coc2c(O)c(O)ccc2c1=O. The van der Waals surface area contributed by atoms with E-state index in [4.69, 9.17) is 9.52 Å². The second-order valence-corrected chi connectivity index (χ2v) is 3.06. The molecule has 0 saturated carbocycles. The van der Waals surface area contributed by atoms with Crippen LogP contribution in [0.25, 0.3) is 11.0 Å². The van der Waals surface area contributed by atoms with Gasteiger partial charge in [0, 0.05) is 5.56 Å². The minimum Gasteiger partial charge on any atom is -0.504 e. The van der Waals surface area contributed by atoms with Crippen LogP contribution in [0.3, 0.4) is 0 Å². The van der Waals surface area contributed by atoms with Crippen molar-refractivity contribution in [2.24, 2.45) is 0 Å². The topological polar surface area (TPSA) is 70.7 Å². The fourth-order valence-corrected chi connectivity index (χ4v) is 1.27. The van der Waals surface area contributed by atoms with Gasteiger partial charge in [0.25, 0.3) is 0 Å². The summed E-state index contributed by atoms with van der Waals surface area (Å²) in [7, 11) is 0. The molecular formula is C10H8O4. The van der Waals surface area contributed by atoms with Crippen LogP contribution in [0, 0.1) is 6.92 Å². The lowest BCUT2D eigenvalue weighted by molar-refractivity contribution is 0.399. The van der Waals surface area contributed by atoms with Crippen LogP contribution in [-0.2, 0) is 0 Å². The highest BCUT2D eigenvalue weighted by molar-refractivity contribution is 5.84. The molecule has 1 aromatic carbocycles. The van der Waals surface area contributed by atoms with E-state index in [2.05, 4.69) is 0 Å². The molecule has 0 aliphatic carbocycles. The quantitative estimate of drug-likeness (QED) is 0.620. The van der Waals surface area contributed by atoms with Crippen molar-refractivity contribution in [2.45, 2.75) is 6.92 Å². The second-order valence-electron chi connectivity index (χ2n) is 3.06. The van der Waals surface area contributed by atoms with Gasteiger partial charge < -0.3 is 14.6 Å². The first-order valence-corrected chi connectivity index (χ1v) is 4.04. The fourth-order valence-electron chi connectivity index (χ4n) is 1.27. The molecule has 1 heterocycles. The van der Waals surface area contributed by atoms with Crippen molar-refractivity contribution >= 4 is 11.0 Å². The average Bonchev–Trinajstić information content (AvgIpc) is 2.17. The maximum absolute atomic E-state index is 11.5. The number of hydrogen-bond acceptors (Lipinski definition) is 4. The Labute approximate surface area is 79.0 Å². The Bertz CT molecular complexity index is 554. The van der Waals surface area contributed by atoms with E-state index >= 15 is 0 Å². The van der Waals surface area contributed by atoms with Crippen molar-refractivity contribution in [1.29, 1.82) is 0 Å². The molecule has 0 spiro atoms. The van der Waals surface area contributed by atoms with Crippen molar-refractivity contribution in [1.82, 2.24) is 0 Å². The van der Waals surface area contributed by atoms with Crippen LogP contribution >= 0.6 is 0 Å². The van der Waals surface area contributed by atoms with Gasteiger partial charge in [-0.05, 0) is 19.1 Å². The normalized spacial score (nSPS) is 10.6. The van der Waals surface area contributed by atoms with Gasteiger partial charge in [0.05, 0.1) is 11.6 Å². The summed E-state index contributed by atoms with van der Waals surface area (Å²) in [4.78, 5) is 11.5. The molecule has 0 amide bonds. The Morgan fingerprint density at radius 2 is 2.00 bits per heavy atom. The molecule has 0 bridgehead atoms. The number of phenolic OH excluding ortho intramolecular Hbond substituents is 2. The van der Waals surface area contributed by atoms with Crippen LogP contribution in [0.5, 0.6) is 11.5 Å². The molecule has 72 valence electrons. The van der Waals surface area contributed by atoms with E-state index < -0.39 is 5.75 Å². The maximum Gasteiger partial charge on any atom is 0.201 e. The number of aryl methyl sites for hydroxylation is 1. The molecule has 2 rings (SSSR count). The van der Waals surface area contributed by atoms with E-state index in [0.29, 0.717) is 5.56 Å². The summed E-state index contributed by atoms with van der Waals surface area (Å²) < 4.78 is 5.02. The number of fused-ring (bicyclic) bond motifs is 1. The largest absolute Gasteiger partial charge is 0.504 e. The van der Waals surface area contributed by atoms with Crippen LogP contribution in [-0.4, -0.2) is 10.2 Å². The second kappa shape index (κ2) is 2.77. The molecule has 0 radical (unpaired) electrons. The van der Waals surface area contributed by atoms with Crippen LogP contribution in [0.15, 0.2) is 27.6 Å². The van der Waals surface area contributed by atoms with Crippen molar-refractivity contribution in [3.05, 3.63) is 34.2 Å². The molecule has 4 nitrogen and oxygen atoms in total. The lowest BCUT2D eigenvalue weighted by Crippen LogP contribution is -2.03. The lowest BCUT2D eigenvalue weighted by atomic mass is 10.1. The summed E-state index contributed by atoms with van der Waals surface area (Å²) in [6.45, 7) is 1.62. The number of aromatic hydroxyl groups is 2. The van der Waals surface area contributed by atoms with Gasteiger partial charge in [-0.25, -0.2) is 0 Å². The highest BCUT2D eigenvalue weighted by Gasteiger charge is 2.10. The van der Waals surface area contributed by atoms with Gasteiger partial charge in [-0.1, -0.05) is 0 Å². The molecule has 0 saturated heterocycles. The summed E-state index contributed by atoms with van der Waals surface area (Å²) in [5.41, 5.74) is 0.268. The third-order valence-electron chi connectivity index (χ3n) is 2.07. The molecule has 0 aliphatic rings. The number of benzene rings is 1. The molecule has 0 atom stereocenters. The van der Waals surface area contributed by atoms with E-state index in [1.54, 1.807) is 6.92 Å². The first-order valence-electron chi connectivity index (χ1n) is 4.04. The van der Waals surface area contributed by atoms with Gasteiger partial charge >= 0.3 is 0 Å². The standard InChI is InChI=1S/C10H8O4/c1-5-4-14-10-6(8(5)12)2-3-7(11)9(10)13/h2-4,11,13H,1H3. The van der Waals surface area contributed by atoms with Gasteiger partial charge in [-0.2, -0.15) is 0 Å². The van der Waals surface area contributed by atoms with Crippen LogP contribution < -0.4 is 5.43 Å². The summed E-state index contributed by atoms with van der Waals surface area (Å²) in [6, 6.07) is 2.68. The summed E-state index contributed by atoms with van der Waals surface area (Å²) in [5.74, 6) is -0.705. The molecule has 2 N–H and O–H groups in total. The molecule has 1 aromatic heterocycles. The highest BCUT2D eigenvalue weighted by atomic mass is 16.4. The summed E-state index contributed by atoms with van der Waals surface area (Å²) in [6.07, 6.45) is 1.25. The van der Waals surface area contributed by atoms with Crippen LogP contribution in [0.1, 0.15) is 5.56 Å². The molecule has 0 fully saturated rings. The minimum absolute atomic E-state index is 0.0144. The first-order chi connectivity index (χ1) is 6.61. The number of rotatable bonds is 0. The number of hydrogen-bond donors (Lipinski definition) is 2. The minimum atomic E-state index is -0.403. The molecule has 14 heavy (non-hydrogen) atoms. The predicted molar refractivity (Wildman–Crippen MR) is 50.6 cm³/mol. The third kappa shape index (κ3) is 1.04. The molecule has 2 aromatic rings. The number of phenols is 2. The zero-order chi connectivity index (χ0) is 10.3. The monoisotopic (exact) mass is 192 g/mol. The van der Waals surface area contributed by atoms with Crippen molar-refractivity contribution in [3.63, 3.8) is 0 Å². The van der Waals surface area contributed by atoms with Crippen molar-refractivity contribution in [3.8, 4) is 11.5 Å². The van der Waals surface area contributed by atoms with Gasteiger partial charge in [-0.3, -0.25) is 4.79 Å². The van der Waals surface area contributed by atoms with E-state index in [1.807, 2.05) is 0 Å². The maximum atomic E-state index is 11.5. The zero-order valence-electron chi connectivity index (χ0n) is 7.44. The Kier molecular flexibility index (Phi) is 1.70. The van der Waals surface area contributed by atoms with Crippen molar-refractivity contribution in [2.75, 3.05) is 0 Å². The van der Waals surface area contributed by atoms with E-state index in [0.717, 1.165) is 0 Å². The van der Waals surface area contributed by atoms with Crippen molar-refractivity contribution < 1.29 is 14.6 Å². The molecule has 4 heteroatoms. The van der Waals surface area contributed by atoms with Gasteiger partial charge in [0.15, 0.2) is 16.8 Å². The van der Waals surface area contributed by atoms with E-state index in [9.17, 15) is 9.90 Å². The average molecular weight is 192 g/mol. The van der Waals surface area contributed by atoms with Crippen LogP contribution in [0.4, 0.5) is 0 Å². The first kappa shape index (κ1) is 8.62. The Hall–Kier alpha value is -1.97. The molecule has 0 aliphatic heterocycles. The lowest BCUT2D eigenvalue weighted by Gasteiger charge is -2.01. The molecular weight excluding hydrogens is 184 g/mol. The summed E-state index contributed by atoms with van der Waals surface area (Å²) >= 11 is 0. The Morgan fingerprint density at radius 1 is 1.29 bits per heavy atom. The van der Waals surface area contributed by atoms with Crippen LogP contribution in [0.2, 0.25) is 0 Å². The van der Waals surface area contributed by atoms with Gasteiger partial charge in [-0.15, -0.1) is 0 Å². The highest BCUT2D eigenvalue weighted by Crippen LogP contribution is 2.31. The smallest absolute Gasteiger partial charge is 0.201 e. The van der Waals surface area contributed by atoms with Gasteiger partial charge in [0.2, 0.25) is 5.75 Å². The Morgan fingerprint density at radius 3 is 2.71 bits per heavy atom. The fraction of sp³-hybridized carbons (Fsp3) is 0.100. The Balaban J connectivity index is 3.02. The van der Waals surface area contributed by atoms with E-state index in [1.165, 1.54) is 18.4 Å². The zero-order valence-corrected chi connectivity index (χ0v) is 7.44. The molecule has 0 unspecified atom stereocenters. The summed E-state index contributed by atoms with van der Waals surface area (Å²) in [5, 5.41) is 18.8. The third-order valence-corrected chi connectivity index (χ3v) is 2.07. The van der Waals surface area contributed by atoms with Gasteiger partial charge in [0.1, 0.15) is 0 Å². The predicted octanol–water partition coefficient (Wildman–Crippen LogP) is 1.51. The van der Waals surface area contributed by atoms with E-state index in [-0.39, 0.29) is 22.1 Å².